The summed E-state index contributed by atoms with van der Waals surface area (Å²) < 4.78 is 42.5. The standard InChI is InChI=1S/C28H33ClF3N5/c1-3-34-13-15-35(16-14-34)23-9-6-21(7-10-23)25-11-8-22(29)17-26(25)36-12-4-5-24(19-36)37-27(28(30,31)32)20(2)18-33-37/h6-11,17-18,24H,3-5,12-16,19H2,1-2H3. The van der Waals surface area contributed by atoms with Gasteiger partial charge in [0.2, 0.25) is 0 Å². The highest BCUT2D eigenvalue weighted by Gasteiger charge is 2.39. The average Bonchev–Trinajstić information content (AvgIpc) is 3.31. The van der Waals surface area contributed by atoms with E-state index in [1.807, 2.05) is 18.2 Å². The Labute approximate surface area is 221 Å². The zero-order valence-corrected chi connectivity index (χ0v) is 22.1. The lowest BCUT2D eigenvalue weighted by Crippen LogP contribution is -2.46. The second-order valence-electron chi connectivity index (χ2n) is 9.99. The Morgan fingerprint density at radius 2 is 1.70 bits per heavy atom. The second-order valence-corrected chi connectivity index (χ2v) is 10.4. The van der Waals surface area contributed by atoms with Crippen LogP contribution in [0.5, 0.6) is 0 Å². The third-order valence-corrected chi connectivity index (χ3v) is 7.89. The molecule has 1 aromatic heterocycles. The number of halogens is 4. The predicted molar refractivity (Wildman–Crippen MR) is 144 cm³/mol. The van der Waals surface area contributed by atoms with E-state index >= 15 is 0 Å². The molecule has 198 valence electrons. The summed E-state index contributed by atoms with van der Waals surface area (Å²) in [5, 5.41) is 4.74. The zero-order chi connectivity index (χ0) is 26.2. The quantitative estimate of drug-likeness (QED) is 0.375. The largest absolute Gasteiger partial charge is 0.433 e. The molecule has 3 heterocycles. The number of anilines is 2. The van der Waals surface area contributed by atoms with E-state index in [0.717, 1.165) is 62.5 Å². The van der Waals surface area contributed by atoms with Crippen LogP contribution in [-0.2, 0) is 6.18 Å². The van der Waals surface area contributed by atoms with Gasteiger partial charge in [0.15, 0.2) is 0 Å². The number of piperazine rings is 1. The van der Waals surface area contributed by atoms with Gasteiger partial charge in [0.25, 0.3) is 0 Å². The molecular formula is C28H33ClF3N5. The molecule has 9 heteroatoms. The molecule has 0 spiro atoms. The van der Waals surface area contributed by atoms with Crippen molar-refractivity contribution in [2.24, 2.45) is 0 Å². The Morgan fingerprint density at radius 1 is 0.973 bits per heavy atom. The van der Waals surface area contributed by atoms with Gasteiger partial charge in [-0.25, -0.2) is 0 Å². The first-order valence-electron chi connectivity index (χ1n) is 13.0. The molecule has 0 aliphatic carbocycles. The first-order valence-corrected chi connectivity index (χ1v) is 13.4. The fourth-order valence-electron chi connectivity index (χ4n) is 5.64. The van der Waals surface area contributed by atoms with Crippen LogP contribution in [0.15, 0.2) is 48.7 Å². The molecule has 2 aromatic carbocycles. The van der Waals surface area contributed by atoms with E-state index < -0.39 is 11.9 Å². The Balaban J connectivity index is 1.40. The number of aryl methyl sites for hydroxylation is 1. The molecule has 0 saturated carbocycles. The number of alkyl halides is 3. The van der Waals surface area contributed by atoms with Crippen molar-refractivity contribution in [3.8, 4) is 11.1 Å². The SMILES string of the molecule is CCN1CCN(c2ccc(-c3ccc(Cl)cc3N3CCCC(n4ncc(C)c4C(F)(F)F)C3)cc2)CC1. The van der Waals surface area contributed by atoms with E-state index in [0.29, 0.717) is 18.0 Å². The maximum Gasteiger partial charge on any atom is 0.433 e. The van der Waals surface area contributed by atoms with E-state index in [4.69, 9.17) is 11.6 Å². The van der Waals surface area contributed by atoms with Crippen molar-refractivity contribution in [3.63, 3.8) is 0 Å². The number of likely N-dealkylation sites (N-methyl/N-ethyl adjacent to an activating group) is 1. The Kier molecular flexibility index (Phi) is 7.41. The minimum atomic E-state index is -4.44. The summed E-state index contributed by atoms with van der Waals surface area (Å²) >= 11 is 6.41. The summed E-state index contributed by atoms with van der Waals surface area (Å²) in [6.07, 6.45) is -1.70. The van der Waals surface area contributed by atoms with Gasteiger partial charge >= 0.3 is 6.18 Å². The lowest BCUT2D eigenvalue weighted by Gasteiger charge is -2.37. The topological polar surface area (TPSA) is 27.5 Å². The molecule has 2 aliphatic heterocycles. The molecule has 37 heavy (non-hydrogen) atoms. The molecule has 0 bridgehead atoms. The third-order valence-electron chi connectivity index (χ3n) is 7.65. The van der Waals surface area contributed by atoms with Crippen LogP contribution >= 0.6 is 11.6 Å². The van der Waals surface area contributed by atoms with E-state index in [-0.39, 0.29) is 11.6 Å². The first-order chi connectivity index (χ1) is 17.7. The average molecular weight is 532 g/mol. The van der Waals surface area contributed by atoms with E-state index in [9.17, 15) is 13.2 Å². The van der Waals surface area contributed by atoms with Gasteiger partial charge in [0, 0.05) is 61.2 Å². The van der Waals surface area contributed by atoms with Crippen LogP contribution in [0.2, 0.25) is 5.02 Å². The Bertz CT molecular complexity index is 1220. The number of rotatable bonds is 5. The number of nitrogens with zero attached hydrogens (tertiary/aromatic N) is 5. The summed E-state index contributed by atoms with van der Waals surface area (Å²) in [5.74, 6) is 0. The molecule has 2 fully saturated rings. The van der Waals surface area contributed by atoms with Crippen LogP contribution in [0.3, 0.4) is 0 Å². The predicted octanol–water partition coefficient (Wildman–Crippen LogP) is 6.51. The van der Waals surface area contributed by atoms with Gasteiger partial charge < -0.3 is 14.7 Å². The fraction of sp³-hybridized carbons (Fsp3) is 0.464. The highest BCUT2D eigenvalue weighted by molar-refractivity contribution is 6.31. The number of hydrogen-bond acceptors (Lipinski definition) is 4. The van der Waals surface area contributed by atoms with Gasteiger partial charge in [0.05, 0.1) is 12.2 Å². The molecule has 2 aliphatic rings. The van der Waals surface area contributed by atoms with Crippen molar-refractivity contribution in [1.82, 2.24) is 14.7 Å². The zero-order valence-electron chi connectivity index (χ0n) is 21.3. The van der Waals surface area contributed by atoms with Crippen LogP contribution in [0.1, 0.15) is 37.1 Å². The maximum absolute atomic E-state index is 13.8. The molecule has 0 radical (unpaired) electrons. The number of piperidine rings is 1. The third kappa shape index (κ3) is 5.46. The summed E-state index contributed by atoms with van der Waals surface area (Å²) in [4.78, 5) is 7.03. The van der Waals surface area contributed by atoms with E-state index in [1.54, 1.807) is 0 Å². The molecule has 0 N–H and O–H groups in total. The smallest absolute Gasteiger partial charge is 0.369 e. The molecule has 5 nitrogen and oxygen atoms in total. The van der Waals surface area contributed by atoms with Crippen LogP contribution in [0.4, 0.5) is 24.5 Å². The summed E-state index contributed by atoms with van der Waals surface area (Å²) in [5.41, 5.74) is 3.75. The Hall–Kier alpha value is -2.71. The number of benzene rings is 2. The molecule has 5 rings (SSSR count). The van der Waals surface area contributed by atoms with Gasteiger partial charge in [-0.2, -0.15) is 18.3 Å². The highest BCUT2D eigenvalue weighted by atomic mass is 35.5. The van der Waals surface area contributed by atoms with Crippen LogP contribution in [0, 0.1) is 6.92 Å². The molecular weight excluding hydrogens is 499 g/mol. The van der Waals surface area contributed by atoms with Crippen molar-refractivity contribution in [2.45, 2.75) is 38.9 Å². The van der Waals surface area contributed by atoms with Crippen LogP contribution in [0.25, 0.3) is 11.1 Å². The minimum absolute atomic E-state index is 0.157. The van der Waals surface area contributed by atoms with E-state index in [2.05, 4.69) is 51.0 Å². The number of hydrogen-bond donors (Lipinski definition) is 0. The van der Waals surface area contributed by atoms with Gasteiger partial charge in [0.1, 0.15) is 5.69 Å². The monoisotopic (exact) mass is 531 g/mol. The van der Waals surface area contributed by atoms with Gasteiger partial charge in [-0.15, -0.1) is 0 Å². The molecule has 0 amide bonds. The van der Waals surface area contributed by atoms with Crippen molar-refractivity contribution < 1.29 is 13.2 Å². The first kappa shape index (κ1) is 25.9. The fourth-order valence-corrected chi connectivity index (χ4v) is 5.80. The van der Waals surface area contributed by atoms with Crippen LogP contribution < -0.4 is 9.80 Å². The molecule has 1 unspecified atom stereocenters. The van der Waals surface area contributed by atoms with Gasteiger partial charge in [-0.05, 0) is 61.7 Å². The van der Waals surface area contributed by atoms with Crippen molar-refractivity contribution in [2.75, 3.05) is 55.6 Å². The Morgan fingerprint density at radius 3 is 2.38 bits per heavy atom. The summed E-state index contributed by atoms with van der Waals surface area (Å²) in [6, 6.07) is 14.0. The number of aromatic nitrogens is 2. The summed E-state index contributed by atoms with van der Waals surface area (Å²) in [6.45, 7) is 10.1. The highest BCUT2D eigenvalue weighted by Crippen LogP contribution is 2.39. The maximum atomic E-state index is 13.8. The lowest BCUT2D eigenvalue weighted by atomic mass is 9.99. The van der Waals surface area contributed by atoms with Gasteiger partial charge in [-0.1, -0.05) is 36.7 Å². The lowest BCUT2D eigenvalue weighted by molar-refractivity contribution is -0.145. The van der Waals surface area contributed by atoms with Gasteiger partial charge in [-0.3, -0.25) is 4.68 Å². The second kappa shape index (κ2) is 10.6. The van der Waals surface area contributed by atoms with E-state index in [1.165, 1.54) is 23.5 Å². The van der Waals surface area contributed by atoms with Crippen molar-refractivity contribution in [3.05, 3.63) is 64.9 Å². The minimum Gasteiger partial charge on any atom is -0.369 e. The normalized spacial score (nSPS) is 19.5. The van der Waals surface area contributed by atoms with Crippen molar-refractivity contribution >= 4 is 23.0 Å². The van der Waals surface area contributed by atoms with Crippen LogP contribution in [-0.4, -0.2) is 60.5 Å². The van der Waals surface area contributed by atoms with Crippen molar-refractivity contribution in [1.29, 1.82) is 0 Å². The molecule has 3 aromatic rings. The molecule has 1 atom stereocenters. The molecule has 2 saturated heterocycles. The summed E-state index contributed by atoms with van der Waals surface area (Å²) in [7, 11) is 0.